The van der Waals surface area contributed by atoms with Crippen molar-refractivity contribution in [2.24, 2.45) is 0 Å². The Balaban J connectivity index is 2.96. The maximum atomic E-state index is 12.1. The Bertz CT molecular complexity index is 460. The summed E-state index contributed by atoms with van der Waals surface area (Å²) in [5.74, 6) is 0. The van der Waals surface area contributed by atoms with Crippen molar-refractivity contribution in [2.45, 2.75) is 11.3 Å². The minimum Gasteiger partial charge on any atom is -0.388 e. The molecule has 0 fully saturated rings. The van der Waals surface area contributed by atoms with Crippen molar-refractivity contribution < 1.29 is 17.2 Å². The number of rotatable bonds is 5. The summed E-state index contributed by atoms with van der Waals surface area (Å²) in [6.45, 7) is -0.809. The summed E-state index contributed by atoms with van der Waals surface area (Å²) in [4.78, 5) is -0.000324. The van der Waals surface area contributed by atoms with E-state index in [1.54, 1.807) is 19.2 Å². The van der Waals surface area contributed by atoms with Crippen molar-refractivity contribution in [3.63, 3.8) is 0 Å². The van der Waals surface area contributed by atoms with Gasteiger partial charge in [-0.05, 0) is 24.3 Å². The Morgan fingerprint density at radius 1 is 1.29 bits per heavy atom. The molecule has 17 heavy (non-hydrogen) atoms. The van der Waals surface area contributed by atoms with Gasteiger partial charge in [-0.25, -0.2) is 17.2 Å². The van der Waals surface area contributed by atoms with Gasteiger partial charge in [0.15, 0.2) is 0 Å². The predicted molar refractivity (Wildman–Crippen MR) is 61.8 cm³/mol. The fourth-order valence-corrected chi connectivity index (χ4v) is 2.41. The first-order valence-corrected chi connectivity index (χ1v) is 6.34. The van der Waals surface area contributed by atoms with Gasteiger partial charge in [-0.3, -0.25) is 0 Å². The summed E-state index contributed by atoms with van der Waals surface area (Å²) in [7, 11) is -1.00. The van der Waals surface area contributed by atoms with Gasteiger partial charge in [-0.1, -0.05) is 0 Å². The second-order valence-electron chi connectivity index (χ2n) is 3.45. The molecule has 7 heteroatoms. The number of nitrogens with zero attached hydrogens (tertiary/aromatic N) is 1. The van der Waals surface area contributed by atoms with Gasteiger partial charge in [0.1, 0.15) is 0 Å². The van der Waals surface area contributed by atoms with Crippen LogP contribution in [0, 0.1) is 0 Å². The predicted octanol–water partition coefficient (Wildman–Crippen LogP) is 1.61. The van der Waals surface area contributed by atoms with Crippen LogP contribution in [-0.4, -0.2) is 39.8 Å². The summed E-state index contributed by atoms with van der Waals surface area (Å²) in [6, 6.07) is 5.90. The fraction of sp³-hybridized carbons (Fsp3) is 0.400. The highest BCUT2D eigenvalue weighted by molar-refractivity contribution is 7.89. The standard InChI is InChI=1S/C10H14F2N2O2S/c1-13-8-3-5-9(6-4-8)17(15,16)14(2)7-10(11)12/h3-6,10,13H,7H2,1-2H3. The minimum absolute atomic E-state index is 0.000324. The number of anilines is 1. The zero-order valence-electron chi connectivity index (χ0n) is 9.52. The van der Waals surface area contributed by atoms with E-state index in [0.29, 0.717) is 4.31 Å². The number of nitrogens with one attached hydrogen (secondary N) is 1. The van der Waals surface area contributed by atoms with Gasteiger partial charge >= 0.3 is 0 Å². The minimum atomic E-state index is -3.83. The molecule has 0 aliphatic rings. The molecule has 0 aliphatic carbocycles. The molecule has 0 saturated heterocycles. The van der Waals surface area contributed by atoms with Crippen LogP contribution in [0.3, 0.4) is 0 Å². The summed E-state index contributed by atoms with van der Waals surface area (Å²) < 4.78 is 48.6. The first-order chi connectivity index (χ1) is 7.87. The summed E-state index contributed by atoms with van der Waals surface area (Å²) in [5, 5.41) is 2.84. The van der Waals surface area contributed by atoms with Gasteiger partial charge in [0, 0.05) is 19.8 Å². The van der Waals surface area contributed by atoms with Crippen LogP contribution < -0.4 is 5.32 Å². The molecule has 0 heterocycles. The third kappa shape index (κ3) is 3.37. The van der Waals surface area contributed by atoms with E-state index in [1.165, 1.54) is 12.1 Å². The van der Waals surface area contributed by atoms with E-state index in [1.807, 2.05) is 0 Å². The Labute approximate surface area is 99.3 Å². The van der Waals surface area contributed by atoms with Crippen LogP contribution in [0.1, 0.15) is 0 Å². The second-order valence-corrected chi connectivity index (χ2v) is 5.50. The summed E-state index contributed by atoms with van der Waals surface area (Å²) >= 11 is 0. The monoisotopic (exact) mass is 264 g/mol. The molecule has 0 atom stereocenters. The molecular formula is C10H14F2N2O2S. The molecule has 0 radical (unpaired) electrons. The lowest BCUT2D eigenvalue weighted by Gasteiger charge is -2.16. The van der Waals surface area contributed by atoms with Crippen molar-refractivity contribution in [1.29, 1.82) is 0 Å². The average Bonchev–Trinajstić information content (AvgIpc) is 2.28. The van der Waals surface area contributed by atoms with Gasteiger partial charge in [0.2, 0.25) is 10.0 Å². The zero-order valence-corrected chi connectivity index (χ0v) is 10.3. The first-order valence-electron chi connectivity index (χ1n) is 4.90. The Hall–Kier alpha value is -1.21. The van der Waals surface area contributed by atoms with Crippen LogP contribution in [0.25, 0.3) is 0 Å². The van der Waals surface area contributed by atoms with Crippen molar-refractivity contribution in [2.75, 3.05) is 26.0 Å². The third-order valence-corrected chi connectivity index (χ3v) is 4.08. The number of hydrogen-bond acceptors (Lipinski definition) is 3. The molecule has 0 unspecified atom stereocenters. The molecule has 96 valence electrons. The molecule has 0 aliphatic heterocycles. The number of hydrogen-bond donors (Lipinski definition) is 1. The highest BCUT2D eigenvalue weighted by Crippen LogP contribution is 2.17. The summed E-state index contributed by atoms with van der Waals surface area (Å²) in [5.41, 5.74) is 0.750. The molecule has 1 aromatic carbocycles. The average molecular weight is 264 g/mol. The molecule has 0 saturated carbocycles. The molecule has 0 bridgehead atoms. The molecule has 0 aromatic heterocycles. The molecule has 4 nitrogen and oxygen atoms in total. The SMILES string of the molecule is CNc1ccc(S(=O)(=O)N(C)CC(F)F)cc1. The second kappa shape index (κ2) is 5.42. The van der Waals surface area contributed by atoms with E-state index >= 15 is 0 Å². The van der Waals surface area contributed by atoms with Gasteiger partial charge < -0.3 is 5.32 Å². The largest absolute Gasteiger partial charge is 0.388 e. The molecular weight excluding hydrogens is 250 g/mol. The maximum absolute atomic E-state index is 12.1. The lowest BCUT2D eigenvalue weighted by molar-refractivity contribution is 0.126. The molecule has 1 rings (SSSR count). The number of alkyl halides is 2. The molecule has 1 aromatic rings. The van der Waals surface area contributed by atoms with Gasteiger partial charge in [-0.15, -0.1) is 0 Å². The van der Waals surface area contributed by atoms with Crippen LogP contribution >= 0.6 is 0 Å². The van der Waals surface area contributed by atoms with Crippen molar-refractivity contribution in [3.8, 4) is 0 Å². The normalized spacial score (nSPS) is 12.1. The van der Waals surface area contributed by atoms with Gasteiger partial charge in [0.25, 0.3) is 6.43 Å². The lowest BCUT2D eigenvalue weighted by Crippen LogP contribution is -2.31. The van der Waals surface area contributed by atoms with Crippen molar-refractivity contribution in [3.05, 3.63) is 24.3 Å². The van der Waals surface area contributed by atoms with E-state index in [9.17, 15) is 17.2 Å². The number of benzene rings is 1. The smallest absolute Gasteiger partial charge is 0.252 e. The number of halogens is 2. The highest BCUT2D eigenvalue weighted by atomic mass is 32.2. The zero-order chi connectivity index (χ0) is 13.1. The van der Waals surface area contributed by atoms with Crippen LogP contribution in [0.5, 0.6) is 0 Å². The Morgan fingerprint density at radius 2 is 1.82 bits per heavy atom. The molecule has 0 spiro atoms. The van der Waals surface area contributed by atoms with E-state index in [0.717, 1.165) is 12.7 Å². The quantitative estimate of drug-likeness (QED) is 0.879. The fourth-order valence-electron chi connectivity index (χ4n) is 1.27. The van der Waals surface area contributed by atoms with Gasteiger partial charge in [-0.2, -0.15) is 4.31 Å². The van der Waals surface area contributed by atoms with Crippen LogP contribution in [0.4, 0.5) is 14.5 Å². The van der Waals surface area contributed by atoms with Crippen LogP contribution in [0.2, 0.25) is 0 Å². The van der Waals surface area contributed by atoms with Crippen molar-refractivity contribution in [1.82, 2.24) is 4.31 Å². The van der Waals surface area contributed by atoms with Crippen LogP contribution in [-0.2, 0) is 10.0 Å². The first kappa shape index (κ1) is 13.9. The van der Waals surface area contributed by atoms with Crippen molar-refractivity contribution >= 4 is 15.7 Å². The van der Waals surface area contributed by atoms with E-state index in [2.05, 4.69) is 5.32 Å². The van der Waals surface area contributed by atoms with E-state index in [4.69, 9.17) is 0 Å². The molecule has 0 amide bonds. The highest BCUT2D eigenvalue weighted by Gasteiger charge is 2.23. The number of sulfonamides is 1. The van der Waals surface area contributed by atoms with Gasteiger partial charge in [0.05, 0.1) is 11.4 Å². The third-order valence-electron chi connectivity index (χ3n) is 2.25. The topological polar surface area (TPSA) is 49.4 Å². The van der Waals surface area contributed by atoms with E-state index < -0.39 is 23.0 Å². The van der Waals surface area contributed by atoms with E-state index in [-0.39, 0.29) is 4.90 Å². The summed E-state index contributed by atoms with van der Waals surface area (Å²) in [6.07, 6.45) is -2.69. The lowest BCUT2D eigenvalue weighted by atomic mass is 10.3. The Morgan fingerprint density at radius 3 is 2.24 bits per heavy atom. The molecule has 1 N–H and O–H groups in total. The maximum Gasteiger partial charge on any atom is 0.252 e. The van der Waals surface area contributed by atoms with Crippen LogP contribution in [0.15, 0.2) is 29.2 Å². The Kier molecular flexibility index (Phi) is 4.41.